The van der Waals surface area contributed by atoms with Crippen LogP contribution >= 0.6 is 0 Å². The van der Waals surface area contributed by atoms with E-state index in [1.165, 1.54) is 44.6 Å². The average Bonchev–Trinajstić information content (AvgIpc) is 2.83. The van der Waals surface area contributed by atoms with Crippen molar-refractivity contribution in [1.82, 2.24) is 4.98 Å². The molecule has 0 unspecified atom stereocenters. The fraction of sp³-hybridized carbons (Fsp3) is 0.160. The van der Waals surface area contributed by atoms with E-state index in [0.717, 1.165) is 0 Å². The van der Waals surface area contributed by atoms with Crippen molar-refractivity contribution in [3.05, 3.63) is 93.8 Å². The summed E-state index contributed by atoms with van der Waals surface area (Å²) in [6, 6.07) is 15.6. The van der Waals surface area contributed by atoms with Crippen molar-refractivity contribution in [3.8, 4) is 11.5 Å². The Bertz CT molecular complexity index is 1580. The van der Waals surface area contributed by atoms with Crippen molar-refractivity contribution in [2.45, 2.75) is 17.5 Å². The van der Waals surface area contributed by atoms with E-state index in [0.29, 0.717) is 28.7 Å². The summed E-state index contributed by atoms with van der Waals surface area (Å²) >= 11 is 0. The second-order valence-corrected chi connectivity index (χ2v) is 9.60. The molecule has 1 aromatic heterocycles. The predicted octanol–water partition coefficient (Wildman–Crippen LogP) is 4.96. The van der Waals surface area contributed by atoms with Crippen LogP contribution in [-0.4, -0.2) is 27.6 Å². The van der Waals surface area contributed by atoms with E-state index in [-0.39, 0.29) is 27.9 Å². The SMILES string of the molecule is COc1ccc(OC)c(NS(=O)(=O)c2ccc(Cc3ccc4[nH]c(=O)cc(C(F)(F)F)c4c3)cc2)c1. The normalized spacial score (nSPS) is 11.9. The number of alkyl halides is 3. The van der Waals surface area contributed by atoms with Crippen molar-refractivity contribution in [2.24, 2.45) is 0 Å². The number of H-pyrrole nitrogens is 1. The lowest BCUT2D eigenvalue weighted by atomic mass is 10.0. The summed E-state index contributed by atoms with van der Waals surface area (Å²) in [6.07, 6.45) is -4.43. The third kappa shape index (κ3) is 5.30. The van der Waals surface area contributed by atoms with Gasteiger partial charge in [0.25, 0.3) is 10.0 Å². The second-order valence-electron chi connectivity index (χ2n) is 7.92. The molecule has 0 atom stereocenters. The van der Waals surface area contributed by atoms with E-state index in [1.807, 2.05) is 0 Å². The van der Waals surface area contributed by atoms with Crippen molar-refractivity contribution >= 4 is 26.6 Å². The Morgan fingerprint density at radius 3 is 2.22 bits per heavy atom. The number of fused-ring (bicyclic) bond motifs is 1. The summed E-state index contributed by atoms with van der Waals surface area (Å²) < 4.78 is 78.9. The van der Waals surface area contributed by atoms with Gasteiger partial charge in [-0.15, -0.1) is 0 Å². The maximum absolute atomic E-state index is 13.4. The fourth-order valence-electron chi connectivity index (χ4n) is 3.77. The maximum Gasteiger partial charge on any atom is 0.417 e. The van der Waals surface area contributed by atoms with Gasteiger partial charge >= 0.3 is 6.18 Å². The van der Waals surface area contributed by atoms with Gasteiger partial charge in [0.1, 0.15) is 11.5 Å². The smallest absolute Gasteiger partial charge is 0.417 e. The molecule has 11 heteroatoms. The van der Waals surface area contributed by atoms with Gasteiger partial charge in [0, 0.05) is 23.0 Å². The van der Waals surface area contributed by atoms with E-state index in [2.05, 4.69) is 9.71 Å². The Balaban J connectivity index is 1.59. The fourth-order valence-corrected chi connectivity index (χ4v) is 4.83. The third-order valence-electron chi connectivity index (χ3n) is 5.51. The minimum atomic E-state index is -4.68. The van der Waals surface area contributed by atoms with Crippen molar-refractivity contribution in [1.29, 1.82) is 0 Å². The standard InChI is InChI=1S/C25H21F3N2O5S/c1-34-17-6-10-23(35-2)22(13-17)30-36(32,33)18-7-3-15(4-8-18)11-16-5-9-21-19(12-16)20(25(26,27)28)14-24(31)29-21/h3-10,12-14,30H,11H2,1-2H3,(H,29,31). The van der Waals surface area contributed by atoms with E-state index in [9.17, 15) is 26.4 Å². The quantitative estimate of drug-likeness (QED) is 0.361. The van der Waals surface area contributed by atoms with Gasteiger partial charge in [-0.2, -0.15) is 13.2 Å². The highest BCUT2D eigenvalue weighted by molar-refractivity contribution is 7.92. The number of hydrogen-bond donors (Lipinski definition) is 2. The Morgan fingerprint density at radius 1 is 0.889 bits per heavy atom. The molecular weight excluding hydrogens is 497 g/mol. The van der Waals surface area contributed by atoms with Gasteiger partial charge in [-0.05, 0) is 53.9 Å². The number of hydrogen-bond acceptors (Lipinski definition) is 5. The minimum Gasteiger partial charge on any atom is -0.497 e. The molecule has 0 aliphatic rings. The topological polar surface area (TPSA) is 97.5 Å². The van der Waals surface area contributed by atoms with Gasteiger partial charge in [-0.3, -0.25) is 9.52 Å². The summed E-state index contributed by atoms with van der Waals surface area (Å²) in [7, 11) is -1.09. The zero-order valence-electron chi connectivity index (χ0n) is 19.1. The van der Waals surface area contributed by atoms with E-state index >= 15 is 0 Å². The van der Waals surface area contributed by atoms with Gasteiger partial charge in [0.15, 0.2) is 0 Å². The summed E-state index contributed by atoms with van der Waals surface area (Å²) in [5.41, 5.74) is -0.307. The number of sulfonamides is 1. The van der Waals surface area contributed by atoms with Crippen LogP contribution in [0.15, 0.2) is 76.4 Å². The van der Waals surface area contributed by atoms with Gasteiger partial charge in [-0.1, -0.05) is 18.2 Å². The zero-order valence-corrected chi connectivity index (χ0v) is 20.0. The second kappa shape index (κ2) is 9.57. The monoisotopic (exact) mass is 518 g/mol. The van der Waals surface area contributed by atoms with Crippen LogP contribution in [0.2, 0.25) is 0 Å². The molecule has 4 rings (SSSR count). The number of rotatable bonds is 7. The molecule has 4 aromatic rings. The van der Waals surface area contributed by atoms with Crippen molar-refractivity contribution < 1.29 is 31.1 Å². The van der Waals surface area contributed by atoms with Crippen molar-refractivity contribution in [2.75, 3.05) is 18.9 Å². The number of methoxy groups -OCH3 is 2. The molecule has 0 radical (unpaired) electrons. The number of benzene rings is 3. The van der Waals surface area contributed by atoms with Crippen LogP contribution in [-0.2, 0) is 22.6 Å². The number of aromatic amines is 1. The molecule has 3 aromatic carbocycles. The van der Waals surface area contributed by atoms with Gasteiger partial charge in [0.05, 0.1) is 30.4 Å². The molecule has 0 bridgehead atoms. The van der Waals surface area contributed by atoms with Crippen LogP contribution < -0.4 is 19.8 Å². The van der Waals surface area contributed by atoms with Gasteiger partial charge in [0.2, 0.25) is 5.56 Å². The number of ether oxygens (including phenoxy) is 2. The molecule has 0 aliphatic carbocycles. The lowest BCUT2D eigenvalue weighted by Gasteiger charge is -2.13. The highest BCUT2D eigenvalue weighted by Crippen LogP contribution is 2.34. The first kappa shape index (κ1) is 25.1. The number of halogens is 3. The van der Waals surface area contributed by atoms with E-state index in [4.69, 9.17) is 9.47 Å². The first-order valence-corrected chi connectivity index (χ1v) is 12.1. The molecule has 1 heterocycles. The highest BCUT2D eigenvalue weighted by Gasteiger charge is 2.33. The molecule has 0 saturated heterocycles. The maximum atomic E-state index is 13.4. The summed E-state index contributed by atoms with van der Waals surface area (Å²) in [5, 5.41) is -0.116. The number of pyridine rings is 1. The van der Waals surface area contributed by atoms with E-state index in [1.54, 1.807) is 30.3 Å². The molecule has 0 saturated carbocycles. The van der Waals surface area contributed by atoms with Crippen molar-refractivity contribution in [3.63, 3.8) is 0 Å². The average molecular weight is 519 g/mol. The Hall–Kier alpha value is -3.99. The summed E-state index contributed by atoms with van der Waals surface area (Å²) in [6.45, 7) is 0. The Kier molecular flexibility index (Phi) is 6.68. The van der Waals surface area contributed by atoms with Gasteiger partial charge < -0.3 is 14.5 Å². The van der Waals surface area contributed by atoms with Crippen LogP contribution in [0.5, 0.6) is 11.5 Å². The lowest BCUT2D eigenvalue weighted by Crippen LogP contribution is -2.14. The first-order chi connectivity index (χ1) is 17.0. The van der Waals surface area contributed by atoms with Crippen LogP contribution in [0, 0.1) is 0 Å². The number of anilines is 1. The molecule has 0 spiro atoms. The zero-order chi connectivity index (χ0) is 26.1. The number of nitrogens with one attached hydrogen (secondary N) is 2. The van der Waals surface area contributed by atoms with Crippen LogP contribution in [0.4, 0.5) is 18.9 Å². The molecule has 2 N–H and O–H groups in total. The summed E-state index contributed by atoms with van der Waals surface area (Å²) in [5.74, 6) is 0.754. The molecule has 0 amide bonds. The van der Waals surface area contributed by atoms with Crippen LogP contribution in [0.3, 0.4) is 0 Å². The molecular formula is C25H21F3N2O5S. The van der Waals surface area contributed by atoms with E-state index < -0.39 is 27.3 Å². The molecule has 36 heavy (non-hydrogen) atoms. The Labute approximate surface area is 204 Å². The molecule has 7 nitrogen and oxygen atoms in total. The number of aromatic nitrogens is 1. The Morgan fingerprint density at radius 2 is 1.58 bits per heavy atom. The van der Waals surface area contributed by atoms with Crippen LogP contribution in [0.25, 0.3) is 10.9 Å². The van der Waals surface area contributed by atoms with Crippen LogP contribution in [0.1, 0.15) is 16.7 Å². The third-order valence-corrected chi connectivity index (χ3v) is 6.89. The highest BCUT2D eigenvalue weighted by atomic mass is 32.2. The lowest BCUT2D eigenvalue weighted by molar-refractivity contribution is -0.136. The molecule has 0 fully saturated rings. The minimum absolute atomic E-state index is 0.00781. The molecule has 188 valence electrons. The predicted molar refractivity (Wildman–Crippen MR) is 129 cm³/mol. The first-order valence-electron chi connectivity index (χ1n) is 10.6. The molecule has 0 aliphatic heterocycles. The van der Waals surface area contributed by atoms with Gasteiger partial charge in [-0.25, -0.2) is 8.42 Å². The largest absolute Gasteiger partial charge is 0.497 e. The summed E-state index contributed by atoms with van der Waals surface area (Å²) in [4.78, 5) is 14.0.